The van der Waals surface area contributed by atoms with E-state index in [1.54, 1.807) is 0 Å². The van der Waals surface area contributed by atoms with Gasteiger partial charge in [0.05, 0.1) is 17.2 Å². The molecule has 0 fully saturated rings. The van der Waals surface area contributed by atoms with Crippen molar-refractivity contribution in [3.05, 3.63) is 75.7 Å². The lowest BCUT2D eigenvalue weighted by atomic mass is 10.0. The zero-order chi connectivity index (χ0) is 18.4. The van der Waals surface area contributed by atoms with E-state index in [4.69, 9.17) is 0 Å². The van der Waals surface area contributed by atoms with E-state index >= 15 is 0 Å². The monoisotopic (exact) mass is 373 g/mol. The lowest BCUT2D eigenvalue weighted by Gasteiger charge is -2.27. The van der Waals surface area contributed by atoms with E-state index in [1.165, 1.54) is 22.3 Å². The minimum atomic E-state index is 0.0729. The molecule has 5 heteroatoms. The van der Waals surface area contributed by atoms with Gasteiger partial charge >= 0.3 is 0 Å². The fraction of sp³-hybridized carbons (Fsp3) is 0.182. The molecule has 0 atom stereocenters. The molecule has 2 aromatic heterocycles. The molecule has 134 valence electrons. The Bertz CT molecular complexity index is 1140. The van der Waals surface area contributed by atoms with Gasteiger partial charge in [0.15, 0.2) is 0 Å². The second-order valence-electron chi connectivity index (χ2n) is 6.88. The smallest absolute Gasteiger partial charge is 0.266 e. The molecule has 0 saturated heterocycles. The summed E-state index contributed by atoms with van der Waals surface area (Å²) in [4.78, 5) is 24.1. The number of nitrogens with one attached hydrogen (secondary N) is 1. The van der Waals surface area contributed by atoms with Crippen molar-refractivity contribution in [1.82, 2.24) is 14.9 Å². The third-order valence-corrected chi connectivity index (χ3v) is 6.10. The van der Waals surface area contributed by atoms with E-state index in [9.17, 15) is 4.79 Å². The van der Waals surface area contributed by atoms with Gasteiger partial charge in [0, 0.05) is 28.7 Å². The van der Waals surface area contributed by atoms with E-state index in [2.05, 4.69) is 28.2 Å². The van der Waals surface area contributed by atoms with Crippen LogP contribution in [-0.2, 0) is 13.0 Å². The van der Waals surface area contributed by atoms with Gasteiger partial charge in [0.2, 0.25) is 0 Å². The molecule has 0 saturated carbocycles. The van der Waals surface area contributed by atoms with Crippen LogP contribution in [-0.4, -0.2) is 27.3 Å². The average Bonchev–Trinajstić information content (AvgIpc) is 3.28. The van der Waals surface area contributed by atoms with E-state index in [0.717, 1.165) is 45.3 Å². The van der Waals surface area contributed by atoms with Crippen LogP contribution >= 0.6 is 11.3 Å². The lowest BCUT2D eigenvalue weighted by molar-refractivity contribution is 0.0738. The molecule has 0 unspecified atom stereocenters. The second-order valence-corrected chi connectivity index (χ2v) is 8.08. The van der Waals surface area contributed by atoms with Crippen LogP contribution in [0.2, 0.25) is 0 Å². The van der Waals surface area contributed by atoms with Crippen LogP contribution in [0.5, 0.6) is 0 Å². The summed E-state index contributed by atoms with van der Waals surface area (Å²) >= 11 is 1.48. The van der Waals surface area contributed by atoms with Gasteiger partial charge in [-0.05, 0) is 25.0 Å². The molecule has 5 rings (SSSR count). The van der Waals surface area contributed by atoms with Crippen LogP contribution in [0.3, 0.4) is 0 Å². The molecule has 0 spiro atoms. The van der Waals surface area contributed by atoms with Gasteiger partial charge in [-0.3, -0.25) is 4.79 Å². The number of thiazole rings is 1. The van der Waals surface area contributed by atoms with E-state index in [0.29, 0.717) is 6.54 Å². The highest BCUT2D eigenvalue weighted by atomic mass is 32.1. The molecule has 1 amide bonds. The first kappa shape index (κ1) is 16.3. The molecule has 1 aliphatic heterocycles. The number of aromatic amines is 1. The first-order valence-corrected chi connectivity index (χ1v) is 9.93. The zero-order valence-corrected chi connectivity index (χ0v) is 15.8. The largest absolute Gasteiger partial charge is 0.357 e. The SMILES string of the molecule is Cc1nc(-c2ccccc2)c(C(=O)N2CCc3c([nH]c4ccccc34)C2)s1. The third-order valence-electron chi connectivity index (χ3n) is 5.15. The number of benzene rings is 2. The highest BCUT2D eigenvalue weighted by Crippen LogP contribution is 2.32. The number of hydrogen-bond donors (Lipinski definition) is 1. The van der Waals surface area contributed by atoms with Crippen LogP contribution in [0.4, 0.5) is 0 Å². The van der Waals surface area contributed by atoms with Crippen LogP contribution in [0.15, 0.2) is 54.6 Å². The van der Waals surface area contributed by atoms with Crippen molar-refractivity contribution in [1.29, 1.82) is 0 Å². The van der Waals surface area contributed by atoms with Crippen molar-refractivity contribution in [3.63, 3.8) is 0 Å². The summed E-state index contributed by atoms with van der Waals surface area (Å²) in [5.74, 6) is 0.0729. The van der Waals surface area contributed by atoms with Crippen LogP contribution < -0.4 is 0 Å². The summed E-state index contributed by atoms with van der Waals surface area (Å²) in [6, 6.07) is 18.3. The Kier molecular flexibility index (Phi) is 3.83. The summed E-state index contributed by atoms with van der Waals surface area (Å²) in [6.45, 7) is 3.31. The Morgan fingerprint density at radius 3 is 2.74 bits per heavy atom. The summed E-state index contributed by atoms with van der Waals surface area (Å²) < 4.78 is 0. The first-order valence-electron chi connectivity index (χ1n) is 9.11. The number of carbonyl (C=O) groups is 1. The number of H-pyrrole nitrogens is 1. The molecular weight excluding hydrogens is 354 g/mol. The van der Waals surface area contributed by atoms with Crippen LogP contribution in [0.1, 0.15) is 25.9 Å². The molecule has 2 aromatic carbocycles. The van der Waals surface area contributed by atoms with Crippen LogP contribution in [0.25, 0.3) is 22.2 Å². The predicted molar refractivity (Wildman–Crippen MR) is 109 cm³/mol. The Hall–Kier alpha value is -2.92. The van der Waals surface area contributed by atoms with Crippen molar-refractivity contribution in [2.75, 3.05) is 6.54 Å². The van der Waals surface area contributed by atoms with Gasteiger partial charge in [-0.25, -0.2) is 4.98 Å². The number of aromatic nitrogens is 2. The molecule has 3 heterocycles. The normalized spacial score (nSPS) is 13.7. The van der Waals surface area contributed by atoms with Crippen molar-refractivity contribution < 1.29 is 4.79 Å². The Labute approximate surface area is 161 Å². The fourth-order valence-corrected chi connectivity index (χ4v) is 4.78. The summed E-state index contributed by atoms with van der Waals surface area (Å²) in [5, 5.41) is 2.19. The minimum Gasteiger partial charge on any atom is -0.357 e. The maximum absolute atomic E-state index is 13.3. The highest BCUT2D eigenvalue weighted by Gasteiger charge is 2.28. The standard InChI is InChI=1S/C22H19N3OS/c1-14-23-20(15-7-3-2-4-8-15)21(27-14)22(26)25-12-11-17-16-9-5-6-10-18(16)24-19(17)13-25/h2-10,24H,11-13H2,1H3. The number of amides is 1. The second kappa shape index (κ2) is 6.35. The number of fused-ring (bicyclic) bond motifs is 3. The zero-order valence-electron chi connectivity index (χ0n) is 15.0. The van der Waals surface area contributed by atoms with Crippen LogP contribution in [0, 0.1) is 6.92 Å². The maximum atomic E-state index is 13.3. The highest BCUT2D eigenvalue weighted by molar-refractivity contribution is 7.14. The van der Waals surface area contributed by atoms with Crippen molar-refractivity contribution in [2.24, 2.45) is 0 Å². The Morgan fingerprint density at radius 1 is 1.11 bits per heavy atom. The molecule has 4 aromatic rings. The van der Waals surface area contributed by atoms with Gasteiger partial charge in [-0.15, -0.1) is 11.3 Å². The Balaban J connectivity index is 1.49. The summed E-state index contributed by atoms with van der Waals surface area (Å²) in [5.41, 5.74) is 5.44. The summed E-state index contributed by atoms with van der Waals surface area (Å²) in [6.07, 6.45) is 0.879. The van der Waals surface area contributed by atoms with Gasteiger partial charge in [0.25, 0.3) is 5.91 Å². The minimum absolute atomic E-state index is 0.0729. The molecule has 0 aliphatic carbocycles. The van der Waals surface area contributed by atoms with Gasteiger partial charge in [-0.2, -0.15) is 0 Å². The topological polar surface area (TPSA) is 49.0 Å². The maximum Gasteiger partial charge on any atom is 0.266 e. The molecule has 4 nitrogen and oxygen atoms in total. The summed E-state index contributed by atoms with van der Waals surface area (Å²) in [7, 11) is 0. The molecule has 27 heavy (non-hydrogen) atoms. The number of carbonyl (C=O) groups excluding carboxylic acids is 1. The van der Waals surface area contributed by atoms with Gasteiger partial charge < -0.3 is 9.88 Å². The van der Waals surface area contributed by atoms with Crippen molar-refractivity contribution >= 4 is 28.1 Å². The quantitative estimate of drug-likeness (QED) is 0.549. The van der Waals surface area contributed by atoms with E-state index in [1.807, 2.05) is 48.2 Å². The van der Waals surface area contributed by atoms with Crippen molar-refractivity contribution in [3.8, 4) is 11.3 Å². The Morgan fingerprint density at radius 2 is 1.89 bits per heavy atom. The van der Waals surface area contributed by atoms with Gasteiger partial charge in [0.1, 0.15) is 4.88 Å². The number of hydrogen-bond acceptors (Lipinski definition) is 3. The third kappa shape index (κ3) is 2.75. The molecule has 1 N–H and O–H groups in total. The number of nitrogens with zero attached hydrogens (tertiary/aromatic N) is 2. The van der Waals surface area contributed by atoms with Crippen molar-refractivity contribution in [2.45, 2.75) is 19.9 Å². The molecular formula is C22H19N3OS. The molecule has 1 aliphatic rings. The first-order chi connectivity index (χ1) is 13.2. The molecule has 0 bridgehead atoms. The number of rotatable bonds is 2. The number of para-hydroxylation sites is 1. The lowest BCUT2D eigenvalue weighted by Crippen LogP contribution is -2.35. The average molecular weight is 373 g/mol. The van der Waals surface area contributed by atoms with Gasteiger partial charge in [-0.1, -0.05) is 48.5 Å². The number of aryl methyl sites for hydroxylation is 1. The fourth-order valence-electron chi connectivity index (χ4n) is 3.87. The molecule has 0 radical (unpaired) electrons. The predicted octanol–water partition coefficient (Wildman–Crippen LogP) is 4.80. The van der Waals surface area contributed by atoms with E-state index < -0.39 is 0 Å². The van der Waals surface area contributed by atoms with E-state index in [-0.39, 0.29) is 5.91 Å².